The molecule has 0 spiro atoms. The van der Waals surface area contributed by atoms with E-state index in [0.717, 1.165) is 0 Å². The molecule has 0 nitrogen and oxygen atoms in total. The highest BCUT2D eigenvalue weighted by Gasteiger charge is 2.12. The van der Waals surface area contributed by atoms with Crippen LogP contribution in [0.5, 0.6) is 0 Å². The predicted molar refractivity (Wildman–Crippen MR) is 80.0 cm³/mol. The van der Waals surface area contributed by atoms with Gasteiger partial charge in [-0.05, 0) is 45.0 Å². The maximum atomic E-state index is 2.42. The molecule has 0 aliphatic heterocycles. The van der Waals surface area contributed by atoms with E-state index in [-0.39, 0.29) is 0 Å². The second-order valence-corrected chi connectivity index (χ2v) is 5.52. The number of fused-ring (bicyclic) bond motifs is 3. The van der Waals surface area contributed by atoms with Gasteiger partial charge in [0, 0.05) is 0 Å². The van der Waals surface area contributed by atoms with Crippen LogP contribution in [0.25, 0.3) is 22.9 Å². The van der Waals surface area contributed by atoms with Gasteiger partial charge in [-0.3, -0.25) is 0 Å². The third-order valence-electron chi connectivity index (χ3n) is 4.17. The zero-order valence-corrected chi connectivity index (χ0v) is 11.4. The van der Waals surface area contributed by atoms with Crippen LogP contribution in [0.2, 0.25) is 0 Å². The summed E-state index contributed by atoms with van der Waals surface area (Å²) in [4.78, 5) is 0. The Labute approximate surface area is 109 Å². The third kappa shape index (κ3) is 1.68. The molecule has 92 valence electrons. The molecule has 18 heavy (non-hydrogen) atoms. The van der Waals surface area contributed by atoms with Gasteiger partial charge in [0.15, 0.2) is 0 Å². The summed E-state index contributed by atoms with van der Waals surface area (Å²) in [5.74, 6) is 1.20. The van der Waals surface area contributed by atoms with Gasteiger partial charge < -0.3 is 0 Å². The summed E-state index contributed by atoms with van der Waals surface area (Å²) in [7, 11) is 0. The molecule has 0 saturated carbocycles. The van der Waals surface area contributed by atoms with E-state index in [1.165, 1.54) is 33.2 Å². The second-order valence-electron chi connectivity index (χ2n) is 5.52. The molecule has 0 amide bonds. The Morgan fingerprint density at radius 3 is 2.61 bits per heavy atom. The highest BCUT2D eigenvalue weighted by atomic mass is 14.2. The van der Waals surface area contributed by atoms with Crippen molar-refractivity contribution in [3.05, 3.63) is 46.3 Å². The van der Waals surface area contributed by atoms with Crippen LogP contribution in [0, 0.1) is 5.92 Å². The van der Waals surface area contributed by atoms with Crippen LogP contribution in [0.1, 0.15) is 38.7 Å². The molecule has 0 aromatic heterocycles. The third-order valence-corrected chi connectivity index (χ3v) is 4.17. The van der Waals surface area contributed by atoms with Crippen molar-refractivity contribution in [2.24, 2.45) is 5.92 Å². The first-order valence-electron chi connectivity index (χ1n) is 6.96. The van der Waals surface area contributed by atoms with Gasteiger partial charge in [-0.25, -0.2) is 0 Å². The average molecular weight is 236 g/mol. The van der Waals surface area contributed by atoms with Crippen molar-refractivity contribution >= 4 is 22.9 Å². The normalized spacial score (nSPS) is 19.2. The predicted octanol–water partition coefficient (Wildman–Crippen LogP) is 3.56. The highest BCUT2D eigenvalue weighted by Crippen LogP contribution is 2.20. The van der Waals surface area contributed by atoms with Crippen LogP contribution in [0.15, 0.2) is 30.3 Å². The van der Waals surface area contributed by atoms with E-state index < -0.39 is 0 Å². The van der Waals surface area contributed by atoms with Crippen LogP contribution < -0.4 is 10.4 Å². The average Bonchev–Trinajstić information content (AvgIpc) is 2.78. The van der Waals surface area contributed by atoms with Gasteiger partial charge in [0.1, 0.15) is 0 Å². The van der Waals surface area contributed by atoms with E-state index in [0.29, 0.717) is 11.8 Å². The molecule has 0 bridgehead atoms. The van der Waals surface area contributed by atoms with E-state index in [4.69, 9.17) is 0 Å². The molecule has 0 heteroatoms. The lowest BCUT2D eigenvalue weighted by Gasteiger charge is -2.12. The summed E-state index contributed by atoms with van der Waals surface area (Å²) in [6.07, 6.45) is 6.03. The molecule has 0 heterocycles. The Kier molecular flexibility index (Phi) is 2.74. The molecule has 0 radical (unpaired) electrons. The summed E-state index contributed by atoms with van der Waals surface area (Å²) >= 11 is 0. The fourth-order valence-electron chi connectivity index (χ4n) is 2.98. The van der Waals surface area contributed by atoms with Crippen molar-refractivity contribution < 1.29 is 0 Å². The van der Waals surface area contributed by atoms with E-state index in [1.54, 1.807) is 0 Å². The van der Waals surface area contributed by atoms with Crippen LogP contribution in [-0.2, 0) is 0 Å². The highest BCUT2D eigenvalue weighted by molar-refractivity contribution is 5.86. The van der Waals surface area contributed by atoms with Gasteiger partial charge in [-0.15, -0.1) is 0 Å². The largest absolute Gasteiger partial charge is 0.0697 e. The fraction of sp³-hybridized carbons (Fsp3) is 0.333. The molecular weight excluding hydrogens is 216 g/mol. The second kappa shape index (κ2) is 4.28. The summed E-state index contributed by atoms with van der Waals surface area (Å²) in [6.45, 7) is 6.88. The van der Waals surface area contributed by atoms with Crippen LogP contribution in [-0.4, -0.2) is 0 Å². The smallest absolute Gasteiger partial charge is 0.00631 e. The molecule has 0 fully saturated rings. The molecule has 2 aromatic rings. The van der Waals surface area contributed by atoms with Crippen molar-refractivity contribution in [1.29, 1.82) is 0 Å². The minimum absolute atomic E-state index is 0.564. The molecule has 2 unspecified atom stereocenters. The first kappa shape index (κ1) is 11.5. The summed E-state index contributed by atoms with van der Waals surface area (Å²) in [5, 5.41) is 5.72. The molecule has 3 rings (SSSR count). The molecule has 0 saturated heterocycles. The van der Waals surface area contributed by atoms with Gasteiger partial charge in [-0.2, -0.15) is 0 Å². The van der Waals surface area contributed by atoms with Crippen LogP contribution in [0.4, 0.5) is 0 Å². The lowest BCUT2D eigenvalue weighted by atomic mass is 9.93. The maximum absolute atomic E-state index is 2.42. The zero-order valence-electron chi connectivity index (χ0n) is 11.4. The van der Waals surface area contributed by atoms with Crippen LogP contribution >= 0.6 is 0 Å². The number of hydrogen-bond donors (Lipinski definition) is 0. The number of hydrogen-bond acceptors (Lipinski definition) is 0. The Morgan fingerprint density at radius 1 is 1.11 bits per heavy atom. The Hall–Kier alpha value is -1.56. The first-order valence-corrected chi connectivity index (χ1v) is 6.96. The quantitative estimate of drug-likeness (QED) is 0.748. The Bertz CT molecular complexity index is 707. The van der Waals surface area contributed by atoms with Crippen molar-refractivity contribution in [3.63, 3.8) is 0 Å². The van der Waals surface area contributed by atoms with Crippen molar-refractivity contribution in [3.8, 4) is 0 Å². The summed E-state index contributed by atoms with van der Waals surface area (Å²) in [6, 6.07) is 11.2. The maximum Gasteiger partial charge on any atom is -0.00631 e. The fourth-order valence-corrected chi connectivity index (χ4v) is 2.98. The van der Waals surface area contributed by atoms with Gasteiger partial charge in [0.05, 0.1) is 0 Å². The summed E-state index contributed by atoms with van der Waals surface area (Å²) < 4.78 is 0. The van der Waals surface area contributed by atoms with E-state index in [2.05, 4.69) is 63.3 Å². The standard InChI is InChI=1S/C18H20/c1-4-13(3)16-11-14-7-5-6-8-15(14)17-9-12(2)10-18(16)17/h5-13H,4H2,1-3H3. The topological polar surface area (TPSA) is 0 Å². The summed E-state index contributed by atoms with van der Waals surface area (Å²) in [5.41, 5.74) is 1.52. The molecule has 2 atom stereocenters. The minimum Gasteiger partial charge on any atom is -0.0697 e. The lowest BCUT2D eigenvalue weighted by Crippen LogP contribution is -2.27. The van der Waals surface area contributed by atoms with Gasteiger partial charge in [0.25, 0.3) is 0 Å². The molecule has 1 aliphatic carbocycles. The monoisotopic (exact) mass is 236 g/mol. The first-order chi connectivity index (χ1) is 8.70. The Morgan fingerprint density at radius 2 is 1.83 bits per heavy atom. The number of benzene rings is 2. The lowest BCUT2D eigenvalue weighted by molar-refractivity contribution is 0.729. The van der Waals surface area contributed by atoms with Crippen molar-refractivity contribution in [1.82, 2.24) is 0 Å². The van der Waals surface area contributed by atoms with Gasteiger partial charge in [0.2, 0.25) is 0 Å². The van der Waals surface area contributed by atoms with Crippen molar-refractivity contribution in [2.45, 2.75) is 33.1 Å². The van der Waals surface area contributed by atoms with Gasteiger partial charge >= 0.3 is 0 Å². The van der Waals surface area contributed by atoms with E-state index in [1.807, 2.05) is 0 Å². The van der Waals surface area contributed by atoms with Crippen LogP contribution in [0.3, 0.4) is 0 Å². The zero-order chi connectivity index (χ0) is 12.7. The molecular formula is C18H20. The molecule has 0 N–H and O–H groups in total. The number of rotatable bonds is 2. The van der Waals surface area contributed by atoms with E-state index >= 15 is 0 Å². The molecule has 2 aromatic carbocycles. The SMILES string of the molecule is CCC(C)c1cc2ccccc2c2c1=CC(C)C=2. The van der Waals surface area contributed by atoms with Crippen molar-refractivity contribution in [2.75, 3.05) is 0 Å². The van der Waals surface area contributed by atoms with E-state index in [9.17, 15) is 0 Å². The minimum atomic E-state index is 0.564. The Balaban J connectivity index is 2.45. The van der Waals surface area contributed by atoms with Gasteiger partial charge in [-0.1, -0.05) is 63.3 Å². The molecule has 1 aliphatic rings.